The van der Waals surface area contributed by atoms with Crippen LogP contribution in [-0.2, 0) is 13.1 Å². The van der Waals surface area contributed by atoms with Gasteiger partial charge in [-0.05, 0) is 124 Å². The third-order valence-corrected chi connectivity index (χ3v) is 11.3. The molecule has 14 nitrogen and oxygen atoms in total. The van der Waals surface area contributed by atoms with Crippen molar-refractivity contribution in [3.05, 3.63) is 138 Å². The summed E-state index contributed by atoms with van der Waals surface area (Å²) in [5.74, 6) is -0.0939. The lowest BCUT2D eigenvalue weighted by Crippen LogP contribution is -2.33. The summed E-state index contributed by atoms with van der Waals surface area (Å²) in [7, 11) is 0. The van der Waals surface area contributed by atoms with Crippen molar-refractivity contribution in [3.8, 4) is 0 Å². The van der Waals surface area contributed by atoms with Crippen molar-refractivity contribution >= 4 is 67.9 Å². The second kappa shape index (κ2) is 20.4. The van der Waals surface area contributed by atoms with Gasteiger partial charge < -0.3 is 31.1 Å². The van der Waals surface area contributed by atoms with Crippen LogP contribution in [0.5, 0.6) is 0 Å². The number of nitrogens with one attached hydrogen (secondary N) is 6. The molecule has 2 aliphatic heterocycles. The third kappa shape index (κ3) is 11.3. The Morgan fingerprint density at radius 3 is 1.45 bits per heavy atom. The van der Waals surface area contributed by atoms with Crippen molar-refractivity contribution in [1.29, 1.82) is 0 Å². The zero-order valence-corrected chi connectivity index (χ0v) is 34.7. The Bertz CT molecular complexity index is 2540. The van der Waals surface area contributed by atoms with E-state index < -0.39 is 0 Å². The van der Waals surface area contributed by atoms with Gasteiger partial charge in [0.25, 0.3) is 22.9 Å². The molecular formula is C44H48Cl2N10O4. The molecule has 2 fully saturated rings. The number of hydrogen-bond donors (Lipinski definition) is 6. The van der Waals surface area contributed by atoms with Gasteiger partial charge in [-0.3, -0.25) is 19.2 Å². The number of aromatic amines is 2. The summed E-state index contributed by atoms with van der Waals surface area (Å²) in [6, 6.07) is 25.8. The number of halogens is 2. The molecule has 0 radical (unpaired) electrons. The van der Waals surface area contributed by atoms with E-state index in [1.165, 1.54) is 25.7 Å². The number of carbonyl (C=O) groups excluding carboxylic acids is 2. The predicted molar refractivity (Wildman–Crippen MR) is 238 cm³/mol. The fourth-order valence-corrected chi connectivity index (χ4v) is 7.72. The highest BCUT2D eigenvalue weighted by atomic mass is 35.5. The molecule has 312 valence electrons. The zero-order chi connectivity index (χ0) is 41.8. The molecule has 6 aromatic rings. The number of rotatable bonds is 14. The number of H-pyrrole nitrogens is 2. The molecule has 2 aliphatic rings. The first-order valence-electron chi connectivity index (χ1n) is 20.2. The fourth-order valence-electron chi connectivity index (χ4n) is 7.31. The molecule has 0 aliphatic carbocycles. The molecule has 0 bridgehead atoms. The van der Waals surface area contributed by atoms with Crippen LogP contribution in [0.15, 0.2) is 94.5 Å². The number of benzene rings is 4. The first-order valence-corrected chi connectivity index (χ1v) is 21.0. The molecule has 8 rings (SSSR count). The van der Waals surface area contributed by atoms with E-state index in [4.69, 9.17) is 23.2 Å². The number of nitrogens with zero attached hydrogens (tertiary/aromatic N) is 4. The van der Waals surface area contributed by atoms with E-state index in [0.717, 1.165) is 61.8 Å². The maximum Gasteiger partial charge on any atom is 0.272 e. The molecule has 4 aromatic carbocycles. The van der Waals surface area contributed by atoms with E-state index in [1.807, 2.05) is 66.7 Å². The molecule has 6 N–H and O–H groups in total. The molecule has 16 heteroatoms. The monoisotopic (exact) mass is 850 g/mol. The first kappa shape index (κ1) is 42.3. The normalized spacial score (nSPS) is 14.2. The minimum Gasteiger partial charge on any atom is -0.381 e. The van der Waals surface area contributed by atoms with Crippen LogP contribution < -0.4 is 32.4 Å². The summed E-state index contributed by atoms with van der Waals surface area (Å²) in [6.07, 6.45) is 5.02. The molecule has 0 atom stereocenters. The van der Waals surface area contributed by atoms with Gasteiger partial charge in [0.1, 0.15) is 0 Å². The summed E-state index contributed by atoms with van der Waals surface area (Å²) in [4.78, 5) is 53.1. The van der Waals surface area contributed by atoms with Crippen molar-refractivity contribution in [1.82, 2.24) is 40.8 Å². The number of fused-ring (bicyclic) bond motifs is 2. The highest BCUT2D eigenvalue weighted by Crippen LogP contribution is 2.23. The Labute approximate surface area is 357 Å². The lowest BCUT2D eigenvalue weighted by molar-refractivity contribution is 0.0941. The molecule has 0 spiro atoms. The Morgan fingerprint density at radius 1 is 0.550 bits per heavy atom. The van der Waals surface area contributed by atoms with Gasteiger partial charge in [-0.2, -0.15) is 10.2 Å². The van der Waals surface area contributed by atoms with E-state index in [-0.39, 0.29) is 33.2 Å². The van der Waals surface area contributed by atoms with Crippen LogP contribution in [0.4, 0.5) is 11.4 Å². The van der Waals surface area contributed by atoms with Crippen molar-refractivity contribution in [2.45, 2.75) is 38.8 Å². The van der Waals surface area contributed by atoms with Gasteiger partial charge in [0.2, 0.25) is 0 Å². The highest BCUT2D eigenvalue weighted by molar-refractivity contribution is 6.34. The number of hydrogen-bond acceptors (Lipinski definition) is 10. The Morgan fingerprint density at radius 2 is 0.967 bits per heavy atom. The number of likely N-dealkylation sites (tertiary alicyclic amines) is 2. The minimum atomic E-state index is -0.279. The van der Waals surface area contributed by atoms with Gasteiger partial charge >= 0.3 is 0 Å². The molecule has 2 saturated heterocycles. The third-order valence-electron chi connectivity index (χ3n) is 10.7. The van der Waals surface area contributed by atoms with Gasteiger partial charge in [-0.15, -0.1) is 0 Å². The van der Waals surface area contributed by atoms with Crippen molar-refractivity contribution in [3.63, 3.8) is 0 Å². The average Bonchev–Trinajstić information content (AvgIpc) is 4.01. The quantitative estimate of drug-likeness (QED) is 0.0758. The van der Waals surface area contributed by atoms with E-state index in [2.05, 4.69) is 51.5 Å². The van der Waals surface area contributed by atoms with E-state index >= 15 is 0 Å². The molecule has 2 aromatic heterocycles. The summed E-state index contributed by atoms with van der Waals surface area (Å²) >= 11 is 12.1. The van der Waals surface area contributed by atoms with Crippen LogP contribution in [0.25, 0.3) is 21.5 Å². The van der Waals surface area contributed by atoms with Crippen molar-refractivity contribution in [2.75, 3.05) is 63.0 Å². The van der Waals surface area contributed by atoms with Crippen LogP contribution in [0, 0.1) is 0 Å². The molecule has 60 heavy (non-hydrogen) atoms. The van der Waals surface area contributed by atoms with Crippen LogP contribution >= 0.6 is 23.2 Å². The van der Waals surface area contributed by atoms with E-state index in [0.29, 0.717) is 58.9 Å². The van der Waals surface area contributed by atoms with Crippen LogP contribution in [-0.4, -0.2) is 94.4 Å². The highest BCUT2D eigenvalue weighted by Gasteiger charge is 2.14. The van der Waals surface area contributed by atoms with Crippen LogP contribution in [0.3, 0.4) is 0 Å². The Balaban J connectivity index is 0.000000181. The summed E-state index contributed by atoms with van der Waals surface area (Å²) < 4.78 is 0. The summed E-state index contributed by atoms with van der Waals surface area (Å²) in [6.45, 7) is 8.83. The van der Waals surface area contributed by atoms with Crippen LogP contribution in [0.2, 0.25) is 10.3 Å². The molecule has 4 heterocycles. The van der Waals surface area contributed by atoms with Crippen LogP contribution in [0.1, 0.15) is 57.5 Å². The molecular weight excluding hydrogens is 803 g/mol. The molecule has 0 unspecified atom stereocenters. The number of aromatic nitrogens is 4. The standard InChI is InChI=1S/2C22H24ClN5O2/c23-20-19-13-17(7-8-18(19)22(30)27-26-20)25-14-15-3-5-16(6-4-15)21(29)24-9-12-28-10-1-2-11-28;23-20-18-8-7-17(13-19(18)22(30)27-26-20)25-14-15-3-5-16(6-4-15)21(29)24-9-12-28-10-1-2-11-28/h2*3-8,13,25H,1-2,9-12,14H2,(H,24,29)(H,27,30). The van der Waals surface area contributed by atoms with Crippen molar-refractivity contribution in [2.24, 2.45) is 0 Å². The summed E-state index contributed by atoms with van der Waals surface area (Å²) in [5, 5.41) is 27.6. The summed E-state index contributed by atoms with van der Waals surface area (Å²) in [5.41, 5.74) is 4.47. The minimum absolute atomic E-state index is 0.0457. The number of anilines is 2. The van der Waals surface area contributed by atoms with Gasteiger partial charge in [-0.25, -0.2) is 10.2 Å². The Kier molecular flexibility index (Phi) is 14.4. The van der Waals surface area contributed by atoms with Crippen molar-refractivity contribution < 1.29 is 9.59 Å². The second-order valence-corrected chi connectivity index (χ2v) is 15.6. The average molecular weight is 852 g/mol. The maximum atomic E-state index is 12.3. The number of carbonyl (C=O) groups is 2. The lowest BCUT2D eigenvalue weighted by Gasteiger charge is -2.14. The SMILES string of the molecule is O=C(NCCN1CCCC1)c1ccc(CNc2ccc3c(=O)[nH]nc(Cl)c3c2)cc1.O=C(NCCN1CCCC1)c1ccc(CNc2ccc3c(Cl)n[nH]c(=O)c3c2)cc1. The maximum absolute atomic E-state index is 12.3. The zero-order valence-electron chi connectivity index (χ0n) is 33.2. The van der Waals surface area contributed by atoms with Gasteiger partial charge in [0, 0.05) is 72.5 Å². The Hall–Kier alpha value is -5.80. The largest absolute Gasteiger partial charge is 0.381 e. The lowest BCUT2D eigenvalue weighted by atomic mass is 10.1. The second-order valence-electron chi connectivity index (χ2n) is 14.9. The topological polar surface area (TPSA) is 180 Å². The first-order chi connectivity index (χ1) is 29.2. The van der Waals surface area contributed by atoms with E-state index in [1.54, 1.807) is 18.2 Å². The molecule has 0 saturated carbocycles. The van der Waals surface area contributed by atoms with Gasteiger partial charge in [0.05, 0.1) is 10.8 Å². The van der Waals surface area contributed by atoms with Gasteiger partial charge in [-0.1, -0.05) is 47.5 Å². The molecule has 2 amide bonds. The number of amides is 2. The van der Waals surface area contributed by atoms with E-state index in [9.17, 15) is 19.2 Å². The van der Waals surface area contributed by atoms with Gasteiger partial charge in [0.15, 0.2) is 10.3 Å². The fraction of sp³-hybridized carbons (Fsp3) is 0.318. The smallest absolute Gasteiger partial charge is 0.272 e. The predicted octanol–water partition coefficient (Wildman–Crippen LogP) is 6.03.